The lowest BCUT2D eigenvalue weighted by Crippen LogP contribution is -2.50. The molecule has 0 radical (unpaired) electrons. The van der Waals surface area contributed by atoms with E-state index in [0.29, 0.717) is 34.3 Å². The van der Waals surface area contributed by atoms with Crippen LogP contribution in [0.3, 0.4) is 0 Å². The topological polar surface area (TPSA) is 133 Å². The van der Waals surface area contributed by atoms with Gasteiger partial charge in [0.1, 0.15) is 5.82 Å². The fourth-order valence-corrected chi connectivity index (χ4v) is 6.88. The number of hydrogen-bond donors (Lipinski definition) is 4. The molecule has 224 valence electrons. The van der Waals surface area contributed by atoms with Crippen molar-refractivity contribution in [2.45, 2.75) is 89.0 Å². The minimum Gasteiger partial charge on any atom is -0.384 e. The first-order valence-corrected chi connectivity index (χ1v) is 15.5. The summed E-state index contributed by atoms with van der Waals surface area (Å²) in [7, 11) is 0. The number of amides is 3. The van der Waals surface area contributed by atoms with Gasteiger partial charge in [0, 0.05) is 67.3 Å². The molecule has 5 N–H and O–H groups in total. The summed E-state index contributed by atoms with van der Waals surface area (Å²) in [6, 6.07) is 10.2. The number of carbonyl (C=O) groups is 3. The molecule has 1 aromatic carbocycles. The number of nitrogens with zero attached hydrogens (tertiary/aromatic N) is 3. The lowest BCUT2D eigenvalue weighted by Gasteiger charge is -2.40. The van der Waals surface area contributed by atoms with Gasteiger partial charge in [-0.1, -0.05) is 0 Å². The average Bonchev–Trinajstić information content (AvgIpc) is 3.62. The number of pyridine rings is 1. The van der Waals surface area contributed by atoms with E-state index in [-0.39, 0.29) is 36.0 Å². The van der Waals surface area contributed by atoms with Crippen LogP contribution in [-0.4, -0.2) is 77.4 Å². The van der Waals surface area contributed by atoms with E-state index in [2.05, 4.69) is 39.6 Å². The number of anilines is 2. The predicted octanol–water partition coefficient (Wildman–Crippen LogP) is 3.14. The Morgan fingerprint density at radius 1 is 0.929 bits per heavy atom. The molecule has 1 aromatic heterocycles. The lowest BCUT2D eigenvalue weighted by atomic mass is 9.96. The molecular formula is C32H43N7O3. The van der Waals surface area contributed by atoms with Crippen LogP contribution in [0.1, 0.15) is 89.9 Å². The van der Waals surface area contributed by atoms with Gasteiger partial charge >= 0.3 is 0 Å². The number of piperidine rings is 1. The third-order valence-electron chi connectivity index (χ3n) is 9.45. The largest absolute Gasteiger partial charge is 0.384 e. The number of aromatic nitrogens is 1. The normalized spacial score (nSPS) is 25.5. The zero-order chi connectivity index (χ0) is 29.4. The molecule has 3 atom stereocenters. The minimum absolute atomic E-state index is 0.0619. The fourth-order valence-electron chi connectivity index (χ4n) is 6.88. The highest BCUT2D eigenvalue weighted by atomic mass is 16.2. The average molecular weight is 574 g/mol. The fraction of sp³-hybridized carbons (Fsp3) is 0.562. The zero-order valence-corrected chi connectivity index (χ0v) is 24.6. The maximum atomic E-state index is 13.2. The molecule has 3 amide bonds. The molecular weight excluding hydrogens is 530 g/mol. The number of nitrogens with two attached hydrogens (primary N) is 1. The third kappa shape index (κ3) is 6.23. The van der Waals surface area contributed by atoms with E-state index in [0.717, 1.165) is 57.6 Å². The van der Waals surface area contributed by atoms with E-state index in [1.807, 2.05) is 12.1 Å². The molecule has 4 heterocycles. The first-order valence-electron chi connectivity index (χ1n) is 15.5. The first-order chi connectivity index (χ1) is 20.2. The minimum atomic E-state index is -0.502. The van der Waals surface area contributed by atoms with Gasteiger partial charge in [-0.25, -0.2) is 4.98 Å². The monoisotopic (exact) mass is 573 g/mol. The molecule has 4 fully saturated rings. The Kier molecular flexibility index (Phi) is 8.07. The van der Waals surface area contributed by atoms with E-state index in [9.17, 15) is 14.4 Å². The van der Waals surface area contributed by atoms with Crippen molar-refractivity contribution in [3.8, 4) is 0 Å². The summed E-state index contributed by atoms with van der Waals surface area (Å²) in [4.78, 5) is 47.5. The molecule has 3 saturated heterocycles. The number of primary amides is 1. The summed E-state index contributed by atoms with van der Waals surface area (Å²) in [5.74, 6) is 0.816. The van der Waals surface area contributed by atoms with Crippen LogP contribution in [0.15, 0.2) is 36.5 Å². The van der Waals surface area contributed by atoms with Crippen molar-refractivity contribution in [2.75, 3.05) is 29.9 Å². The van der Waals surface area contributed by atoms with Gasteiger partial charge in [0.25, 0.3) is 17.7 Å². The van der Waals surface area contributed by atoms with Crippen LogP contribution in [-0.2, 0) is 0 Å². The van der Waals surface area contributed by atoms with Gasteiger partial charge in [-0.15, -0.1) is 0 Å². The van der Waals surface area contributed by atoms with Crippen molar-refractivity contribution < 1.29 is 14.4 Å². The van der Waals surface area contributed by atoms with Gasteiger partial charge in [-0.2, -0.15) is 0 Å². The Balaban J connectivity index is 1.05. The number of benzene rings is 1. The molecule has 2 unspecified atom stereocenters. The number of nitrogens with one attached hydrogen (secondary N) is 3. The molecule has 6 rings (SSSR count). The molecule has 3 aliphatic heterocycles. The second-order valence-corrected chi connectivity index (χ2v) is 12.8. The van der Waals surface area contributed by atoms with Gasteiger partial charge in [0.2, 0.25) is 0 Å². The van der Waals surface area contributed by atoms with Gasteiger partial charge < -0.3 is 26.6 Å². The van der Waals surface area contributed by atoms with Crippen molar-refractivity contribution in [3.63, 3.8) is 0 Å². The molecule has 1 saturated carbocycles. The Morgan fingerprint density at radius 3 is 2.24 bits per heavy atom. The highest BCUT2D eigenvalue weighted by Crippen LogP contribution is 2.39. The molecule has 10 heteroatoms. The molecule has 10 nitrogen and oxygen atoms in total. The first kappa shape index (κ1) is 28.5. The molecule has 1 aliphatic carbocycles. The highest BCUT2D eigenvalue weighted by Gasteiger charge is 2.42. The number of carbonyl (C=O) groups excluding carboxylic acids is 3. The lowest BCUT2D eigenvalue weighted by molar-refractivity contribution is 0.0922. The van der Waals surface area contributed by atoms with Crippen LogP contribution in [0.5, 0.6) is 0 Å². The van der Waals surface area contributed by atoms with Crippen molar-refractivity contribution in [1.29, 1.82) is 0 Å². The van der Waals surface area contributed by atoms with Crippen molar-refractivity contribution in [3.05, 3.63) is 53.2 Å². The highest BCUT2D eigenvalue weighted by molar-refractivity contribution is 6.02. The van der Waals surface area contributed by atoms with Crippen LogP contribution in [0.4, 0.5) is 11.5 Å². The second-order valence-electron chi connectivity index (χ2n) is 12.8. The van der Waals surface area contributed by atoms with Crippen LogP contribution in [0, 0.1) is 5.92 Å². The molecule has 2 aromatic rings. The summed E-state index contributed by atoms with van der Waals surface area (Å²) >= 11 is 0. The van der Waals surface area contributed by atoms with Crippen LogP contribution in [0.25, 0.3) is 0 Å². The molecule has 2 bridgehead atoms. The number of rotatable bonds is 10. The van der Waals surface area contributed by atoms with Gasteiger partial charge in [-0.05, 0) is 95.0 Å². The van der Waals surface area contributed by atoms with E-state index < -0.39 is 5.91 Å². The summed E-state index contributed by atoms with van der Waals surface area (Å²) in [5, 5.41) is 9.73. The second kappa shape index (κ2) is 11.9. The molecule has 42 heavy (non-hydrogen) atoms. The zero-order valence-electron chi connectivity index (χ0n) is 24.6. The molecule has 4 aliphatic rings. The summed E-state index contributed by atoms with van der Waals surface area (Å²) < 4.78 is 0. The maximum Gasteiger partial charge on any atom is 0.253 e. The third-order valence-corrected chi connectivity index (χ3v) is 9.45. The number of likely N-dealkylation sites (tertiary alicyclic amines) is 1. The van der Waals surface area contributed by atoms with E-state index >= 15 is 0 Å². The van der Waals surface area contributed by atoms with Gasteiger partial charge in [-0.3, -0.25) is 19.3 Å². The summed E-state index contributed by atoms with van der Waals surface area (Å²) in [6.07, 6.45) is 8.83. The summed E-state index contributed by atoms with van der Waals surface area (Å²) in [6.45, 7) is 7.06. The van der Waals surface area contributed by atoms with Gasteiger partial charge in [0.15, 0.2) is 0 Å². The van der Waals surface area contributed by atoms with E-state index in [4.69, 9.17) is 10.7 Å². The van der Waals surface area contributed by atoms with Crippen LogP contribution in [0.2, 0.25) is 0 Å². The van der Waals surface area contributed by atoms with Crippen molar-refractivity contribution in [1.82, 2.24) is 20.5 Å². The smallest absolute Gasteiger partial charge is 0.253 e. The predicted molar refractivity (Wildman–Crippen MR) is 163 cm³/mol. The van der Waals surface area contributed by atoms with E-state index in [1.165, 1.54) is 12.8 Å². The summed E-state index contributed by atoms with van der Waals surface area (Å²) in [5.41, 5.74) is 7.72. The maximum absolute atomic E-state index is 13.2. The van der Waals surface area contributed by atoms with Gasteiger partial charge in [0.05, 0.1) is 11.1 Å². The molecule has 0 spiro atoms. The van der Waals surface area contributed by atoms with Crippen LogP contribution < -0.4 is 26.6 Å². The van der Waals surface area contributed by atoms with E-state index in [1.54, 1.807) is 24.4 Å². The Labute approximate surface area is 247 Å². The van der Waals surface area contributed by atoms with Crippen LogP contribution >= 0.6 is 0 Å². The standard InChI is InChI=1S/C32H43N7O3/c1-19(2)38-12-11-23(18-38)36-32(42)22-6-10-29(35-17-22)39-25-7-8-26(39)15-24(14-25)37-31(41)21-5-9-27(30(33)40)28(13-21)34-16-20-3-4-20/h5-6,9-10,13,17,19-20,23-26,34H,3-4,7-8,11-12,14-16,18H2,1-2H3,(H2,33,40)(H,36,42)(H,37,41)/t23-,24?,25?,26?/m1/s1. The Bertz CT molecular complexity index is 1310. The quantitative estimate of drug-likeness (QED) is 0.343. The number of fused-ring (bicyclic) bond motifs is 2. The SMILES string of the molecule is CC(C)N1CC[C@@H](NC(=O)c2ccc(N3C4CCC3CC(NC(=O)c3ccc(C(N)=O)c(NCC5CC5)c3)C4)nc2)C1. The Morgan fingerprint density at radius 2 is 1.62 bits per heavy atom. The Hall–Kier alpha value is -3.66. The van der Waals surface area contributed by atoms with Crippen molar-refractivity contribution >= 4 is 29.2 Å². The van der Waals surface area contributed by atoms with Crippen molar-refractivity contribution in [2.24, 2.45) is 11.7 Å². The number of hydrogen-bond acceptors (Lipinski definition) is 7.